The molecule has 0 bridgehead atoms. The monoisotopic (exact) mass is 281 g/mol. The third-order valence-electron chi connectivity index (χ3n) is 2.80. The molecular weight excluding hydrogens is 269 g/mol. The third-order valence-corrected chi connectivity index (χ3v) is 3.10. The predicted octanol–water partition coefficient (Wildman–Crippen LogP) is 4.06. The summed E-state index contributed by atoms with van der Waals surface area (Å²) in [4.78, 5) is 0. The Labute approximate surface area is 115 Å². The highest BCUT2D eigenvalue weighted by atomic mass is 35.5. The van der Waals surface area contributed by atoms with Gasteiger partial charge in [0.05, 0.1) is 16.6 Å². The van der Waals surface area contributed by atoms with E-state index in [1.54, 1.807) is 19.1 Å². The lowest BCUT2D eigenvalue weighted by atomic mass is 10.1. The van der Waals surface area contributed by atoms with Crippen molar-refractivity contribution < 1.29 is 14.6 Å². The zero-order chi connectivity index (χ0) is 14.0. The van der Waals surface area contributed by atoms with E-state index in [-0.39, 0.29) is 22.6 Å². The number of aromatic hydroxyl groups is 2. The second-order valence-corrected chi connectivity index (χ2v) is 4.61. The van der Waals surface area contributed by atoms with Gasteiger partial charge in [-0.3, -0.25) is 0 Å². The first-order chi connectivity index (χ1) is 8.99. The summed E-state index contributed by atoms with van der Waals surface area (Å²) in [5.41, 5.74) is 0.870. The van der Waals surface area contributed by atoms with Crippen molar-refractivity contribution in [1.82, 2.24) is 0 Å². The van der Waals surface area contributed by atoms with E-state index in [1.807, 2.05) is 0 Å². The number of nitrogens with one attached hydrogen (secondary N) is 1. The summed E-state index contributed by atoms with van der Waals surface area (Å²) in [5, 5.41) is 22.5. The first-order valence-electron chi connectivity index (χ1n) is 5.71. The lowest BCUT2D eigenvalue weighted by molar-refractivity contribution is 0.434. The Morgan fingerprint density at radius 1 is 1.16 bits per heavy atom. The van der Waals surface area contributed by atoms with Crippen LogP contribution < -0.4 is 5.32 Å². The van der Waals surface area contributed by atoms with Gasteiger partial charge in [0.15, 0.2) is 0 Å². The van der Waals surface area contributed by atoms with Gasteiger partial charge >= 0.3 is 0 Å². The molecule has 0 heterocycles. The van der Waals surface area contributed by atoms with E-state index in [2.05, 4.69) is 5.32 Å². The van der Waals surface area contributed by atoms with Crippen LogP contribution >= 0.6 is 11.6 Å². The molecule has 0 amide bonds. The van der Waals surface area contributed by atoms with Crippen LogP contribution in [0, 0.1) is 5.82 Å². The third kappa shape index (κ3) is 2.90. The molecule has 2 rings (SSSR count). The van der Waals surface area contributed by atoms with Crippen molar-refractivity contribution in [3.05, 3.63) is 52.8 Å². The number of rotatable bonds is 3. The number of halogens is 2. The molecule has 0 saturated heterocycles. The number of anilines is 1. The molecule has 5 heteroatoms. The summed E-state index contributed by atoms with van der Waals surface area (Å²) in [7, 11) is 0. The normalized spacial score (nSPS) is 12.2. The second-order valence-electron chi connectivity index (χ2n) is 4.20. The average Bonchev–Trinajstić information content (AvgIpc) is 2.33. The van der Waals surface area contributed by atoms with Crippen LogP contribution in [-0.2, 0) is 0 Å². The molecule has 1 atom stereocenters. The van der Waals surface area contributed by atoms with Crippen molar-refractivity contribution >= 4 is 17.3 Å². The van der Waals surface area contributed by atoms with Crippen LogP contribution in [-0.4, -0.2) is 10.2 Å². The minimum atomic E-state index is -0.527. The highest BCUT2D eigenvalue weighted by Crippen LogP contribution is 2.34. The Morgan fingerprint density at radius 3 is 2.37 bits per heavy atom. The van der Waals surface area contributed by atoms with E-state index in [1.165, 1.54) is 24.3 Å². The van der Waals surface area contributed by atoms with Crippen LogP contribution in [0.5, 0.6) is 11.5 Å². The van der Waals surface area contributed by atoms with Gasteiger partial charge in [-0.1, -0.05) is 17.7 Å². The molecule has 2 aromatic carbocycles. The lowest BCUT2D eigenvalue weighted by Gasteiger charge is -2.18. The molecule has 100 valence electrons. The fourth-order valence-corrected chi connectivity index (χ4v) is 2.01. The fraction of sp³-hybridized carbons (Fsp3) is 0.143. The SMILES string of the molecule is CC(Nc1ccc(Cl)c(F)c1)c1c(O)cccc1O. The van der Waals surface area contributed by atoms with Gasteiger partial charge in [0.1, 0.15) is 17.3 Å². The number of hydrogen-bond acceptors (Lipinski definition) is 3. The predicted molar refractivity (Wildman–Crippen MR) is 73.2 cm³/mol. The van der Waals surface area contributed by atoms with Gasteiger partial charge in [-0.2, -0.15) is 0 Å². The molecule has 0 aliphatic heterocycles. The summed E-state index contributed by atoms with van der Waals surface area (Å²) in [5.74, 6) is -0.566. The van der Waals surface area contributed by atoms with Crippen LogP contribution in [0.2, 0.25) is 5.02 Å². The molecule has 0 aliphatic carbocycles. The van der Waals surface area contributed by atoms with Crippen molar-refractivity contribution in [3.63, 3.8) is 0 Å². The Bertz CT molecular complexity index is 584. The van der Waals surface area contributed by atoms with Crippen molar-refractivity contribution in [3.8, 4) is 11.5 Å². The van der Waals surface area contributed by atoms with Crippen LogP contribution in [0.3, 0.4) is 0 Å². The fourth-order valence-electron chi connectivity index (χ4n) is 1.89. The minimum absolute atomic E-state index is 0.0190. The molecular formula is C14H13ClFNO2. The van der Waals surface area contributed by atoms with Gasteiger partial charge in [-0.05, 0) is 37.3 Å². The number of phenolic OH excluding ortho intramolecular Hbond substituents is 2. The Balaban J connectivity index is 2.25. The highest BCUT2D eigenvalue weighted by Gasteiger charge is 2.15. The molecule has 0 spiro atoms. The molecule has 0 saturated carbocycles. The van der Waals surface area contributed by atoms with Crippen molar-refractivity contribution in [2.24, 2.45) is 0 Å². The molecule has 1 unspecified atom stereocenters. The molecule has 19 heavy (non-hydrogen) atoms. The zero-order valence-corrected chi connectivity index (χ0v) is 10.9. The number of hydrogen-bond donors (Lipinski definition) is 3. The first kappa shape index (κ1) is 13.5. The molecule has 0 radical (unpaired) electrons. The standard InChI is InChI=1S/C14H13ClFNO2/c1-8(14-12(18)3-2-4-13(14)19)17-9-5-6-10(15)11(16)7-9/h2-8,17-19H,1H3. The smallest absolute Gasteiger partial charge is 0.143 e. The molecule has 0 aliphatic rings. The zero-order valence-electron chi connectivity index (χ0n) is 10.2. The molecule has 0 fully saturated rings. The Morgan fingerprint density at radius 2 is 1.79 bits per heavy atom. The van der Waals surface area contributed by atoms with Gasteiger partial charge in [-0.25, -0.2) is 4.39 Å². The molecule has 3 nitrogen and oxygen atoms in total. The van der Waals surface area contributed by atoms with Crippen molar-refractivity contribution in [2.45, 2.75) is 13.0 Å². The largest absolute Gasteiger partial charge is 0.507 e. The number of phenols is 2. The van der Waals surface area contributed by atoms with E-state index >= 15 is 0 Å². The Hall–Kier alpha value is -1.94. The summed E-state index contributed by atoms with van der Waals surface area (Å²) in [6, 6.07) is 8.45. The lowest BCUT2D eigenvalue weighted by Crippen LogP contribution is -2.07. The minimum Gasteiger partial charge on any atom is -0.507 e. The molecule has 2 aromatic rings. The quantitative estimate of drug-likeness (QED) is 0.795. The van der Waals surface area contributed by atoms with Gasteiger partial charge in [-0.15, -0.1) is 0 Å². The molecule has 0 aromatic heterocycles. The van der Waals surface area contributed by atoms with E-state index in [9.17, 15) is 14.6 Å². The van der Waals surface area contributed by atoms with E-state index < -0.39 is 5.82 Å². The Kier molecular flexibility index (Phi) is 3.81. The molecule has 3 N–H and O–H groups in total. The maximum atomic E-state index is 13.3. The first-order valence-corrected chi connectivity index (χ1v) is 6.09. The maximum Gasteiger partial charge on any atom is 0.143 e. The summed E-state index contributed by atoms with van der Waals surface area (Å²) >= 11 is 5.60. The summed E-state index contributed by atoms with van der Waals surface area (Å²) in [6.45, 7) is 1.75. The van der Waals surface area contributed by atoms with Crippen LogP contribution in [0.15, 0.2) is 36.4 Å². The van der Waals surface area contributed by atoms with Crippen molar-refractivity contribution in [1.29, 1.82) is 0 Å². The van der Waals surface area contributed by atoms with Gasteiger partial charge in [0.25, 0.3) is 0 Å². The maximum absolute atomic E-state index is 13.3. The van der Waals surface area contributed by atoms with Gasteiger partial charge < -0.3 is 15.5 Å². The van der Waals surface area contributed by atoms with Crippen LogP contribution in [0.25, 0.3) is 0 Å². The van der Waals surface area contributed by atoms with E-state index in [0.29, 0.717) is 11.3 Å². The van der Waals surface area contributed by atoms with Crippen LogP contribution in [0.4, 0.5) is 10.1 Å². The van der Waals surface area contributed by atoms with Gasteiger partial charge in [0.2, 0.25) is 0 Å². The van der Waals surface area contributed by atoms with Gasteiger partial charge in [0, 0.05) is 5.69 Å². The summed E-state index contributed by atoms with van der Waals surface area (Å²) in [6.07, 6.45) is 0. The average molecular weight is 282 g/mol. The van der Waals surface area contributed by atoms with E-state index in [4.69, 9.17) is 11.6 Å². The van der Waals surface area contributed by atoms with Crippen molar-refractivity contribution in [2.75, 3.05) is 5.32 Å². The summed E-state index contributed by atoms with van der Waals surface area (Å²) < 4.78 is 13.3. The highest BCUT2D eigenvalue weighted by molar-refractivity contribution is 6.30. The topological polar surface area (TPSA) is 52.5 Å². The number of benzene rings is 2. The van der Waals surface area contributed by atoms with Crippen LogP contribution in [0.1, 0.15) is 18.5 Å². The second kappa shape index (κ2) is 5.36. The van der Waals surface area contributed by atoms with E-state index in [0.717, 1.165) is 0 Å².